The van der Waals surface area contributed by atoms with Crippen LogP contribution in [0.5, 0.6) is 0 Å². The van der Waals surface area contributed by atoms with Gasteiger partial charge in [0, 0.05) is 4.47 Å². The molecule has 2 aromatic carbocycles. The van der Waals surface area contributed by atoms with Gasteiger partial charge in [-0.25, -0.2) is 4.79 Å². The van der Waals surface area contributed by atoms with Crippen molar-refractivity contribution in [3.8, 4) is 0 Å². The number of nitrogens with zero attached hydrogens (tertiary/aromatic N) is 1. The van der Waals surface area contributed by atoms with Crippen LogP contribution in [0.2, 0.25) is 0 Å². The first-order valence-electron chi connectivity index (χ1n) is 7.51. The number of carbonyl (C=O) groups is 2. The Balaban J connectivity index is 1.95. The lowest BCUT2D eigenvalue weighted by molar-refractivity contribution is -0.132. The van der Waals surface area contributed by atoms with Gasteiger partial charge in [-0.15, -0.1) is 0 Å². The average Bonchev–Trinajstić information content (AvgIpc) is 2.82. The van der Waals surface area contributed by atoms with Gasteiger partial charge in [-0.3, -0.25) is 9.69 Å². The molecule has 1 aliphatic rings. The van der Waals surface area contributed by atoms with E-state index in [1.165, 1.54) is 4.90 Å². The Labute approximate surface area is 143 Å². The first kappa shape index (κ1) is 15.7. The highest BCUT2D eigenvalue weighted by Gasteiger charge is 2.51. The minimum Gasteiger partial charge on any atom is -0.319 e. The number of benzene rings is 2. The molecule has 3 amide bonds. The highest BCUT2D eigenvalue weighted by atomic mass is 79.9. The van der Waals surface area contributed by atoms with E-state index in [1.54, 1.807) is 0 Å². The molecular formula is C18H17BrN2O2. The molecule has 2 aromatic rings. The third kappa shape index (κ3) is 2.65. The lowest BCUT2D eigenvalue weighted by Crippen LogP contribution is -2.43. The van der Waals surface area contributed by atoms with Crippen LogP contribution in [0.1, 0.15) is 24.5 Å². The van der Waals surface area contributed by atoms with Crippen LogP contribution in [-0.4, -0.2) is 16.8 Å². The van der Waals surface area contributed by atoms with Gasteiger partial charge in [0.05, 0.1) is 6.54 Å². The standard InChI is InChI=1S/C18H17BrN2O2/c1-2-18(14-9-4-3-5-10-14)16(22)21(17(23)20-18)12-13-8-6-7-11-15(13)19/h3-11H,2,12H2,1H3,(H,20,23). The van der Waals surface area contributed by atoms with Gasteiger partial charge in [-0.1, -0.05) is 71.4 Å². The molecule has 5 heteroatoms. The zero-order chi connectivity index (χ0) is 16.4. The first-order chi connectivity index (χ1) is 11.1. The van der Waals surface area contributed by atoms with Gasteiger partial charge >= 0.3 is 6.03 Å². The molecule has 1 N–H and O–H groups in total. The Kier molecular flexibility index (Phi) is 4.22. The fourth-order valence-electron chi connectivity index (χ4n) is 2.93. The molecule has 0 aromatic heterocycles. The molecule has 1 atom stereocenters. The van der Waals surface area contributed by atoms with Gasteiger partial charge < -0.3 is 5.32 Å². The number of hydrogen-bond acceptors (Lipinski definition) is 2. The van der Waals surface area contributed by atoms with E-state index in [0.717, 1.165) is 15.6 Å². The number of amides is 3. The van der Waals surface area contributed by atoms with Crippen LogP contribution in [-0.2, 0) is 16.9 Å². The molecule has 3 rings (SSSR count). The molecule has 0 spiro atoms. The summed E-state index contributed by atoms with van der Waals surface area (Å²) in [5.74, 6) is -0.202. The average molecular weight is 373 g/mol. The number of urea groups is 1. The fraction of sp³-hybridized carbons (Fsp3) is 0.222. The second-order valence-corrected chi connectivity index (χ2v) is 6.39. The monoisotopic (exact) mass is 372 g/mol. The van der Waals surface area contributed by atoms with Crippen molar-refractivity contribution in [2.24, 2.45) is 0 Å². The van der Waals surface area contributed by atoms with Crippen LogP contribution >= 0.6 is 15.9 Å². The number of nitrogens with one attached hydrogen (secondary N) is 1. The molecule has 1 unspecified atom stereocenters. The maximum atomic E-state index is 13.0. The fourth-order valence-corrected chi connectivity index (χ4v) is 3.34. The van der Waals surface area contributed by atoms with Crippen LogP contribution in [0.4, 0.5) is 4.79 Å². The predicted octanol–water partition coefficient (Wildman–Crippen LogP) is 3.81. The van der Waals surface area contributed by atoms with E-state index in [4.69, 9.17) is 0 Å². The van der Waals surface area contributed by atoms with E-state index in [9.17, 15) is 9.59 Å². The highest BCUT2D eigenvalue weighted by molar-refractivity contribution is 9.10. The predicted molar refractivity (Wildman–Crippen MR) is 91.6 cm³/mol. The second-order valence-electron chi connectivity index (χ2n) is 5.54. The topological polar surface area (TPSA) is 49.4 Å². The Morgan fingerprint density at radius 2 is 1.70 bits per heavy atom. The van der Waals surface area contributed by atoms with Crippen LogP contribution in [0.3, 0.4) is 0 Å². The molecule has 0 saturated carbocycles. The van der Waals surface area contributed by atoms with Gasteiger partial charge in [-0.2, -0.15) is 0 Å². The van der Waals surface area contributed by atoms with E-state index in [0.29, 0.717) is 6.42 Å². The third-order valence-electron chi connectivity index (χ3n) is 4.26. The van der Waals surface area contributed by atoms with Crippen molar-refractivity contribution < 1.29 is 9.59 Å². The normalized spacial score (nSPS) is 20.7. The summed E-state index contributed by atoms with van der Waals surface area (Å²) in [6.45, 7) is 2.16. The summed E-state index contributed by atoms with van der Waals surface area (Å²) in [4.78, 5) is 26.7. The van der Waals surface area contributed by atoms with Gasteiger partial charge in [0.2, 0.25) is 0 Å². The van der Waals surface area contributed by atoms with Crippen molar-refractivity contribution >= 4 is 27.9 Å². The van der Waals surface area contributed by atoms with Gasteiger partial charge in [0.25, 0.3) is 5.91 Å². The van der Waals surface area contributed by atoms with E-state index < -0.39 is 5.54 Å². The van der Waals surface area contributed by atoms with Gasteiger partial charge in [0.15, 0.2) is 0 Å². The SMILES string of the molecule is CCC1(c2ccccc2)NC(=O)N(Cc2ccccc2Br)C1=O. The van der Waals surface area contributed by atoms with Crippen LogP contribution < -0.4 is 5.32 Å². The molecular weight excluding hydrogens is 356 g/mol. The van der Waals surface area contributed by atoms with Gasteiger partial charge in [-0.05, 0) is 23.6 Å². The van der Waals surface area contributed by atoms with Crippen molar-refractivity contribution in [1.29, 1.82) is 0 Å². The van der Waals surface area contributed by atoms with E-state index in [-0.39, 0.29) is 18.5 Å². The van der Waals surface area contributed by atoms with E-state index in [1.807, 2.05) is 61.5 Å². The number of halogens is 1. The molecule has 1 fully saturated rings. The summed E-state index contributed by atoms with van der Waals surface area (Å²) in [5.41, 5.74) is 0.742. The summed E-state index contributed by atoms with van der Waals surface area (Å²) in [6.07, 6.45) is 0.508. The maximum absolute atomic E-state index is 13.0. The third-order valence-corrected chi connectivity index (χ3v) is 5.03. The van der Waals surface area contributed by atoms with Crippen LogP contribution in [0.15, 0.2) is 59.1 Å². The molecule has 118 valence electrons. The Bertz CT molecular complexity index is 748. The molecule has 23 heavy (non-hydrogen) atoms. The Hall–Kier alpha value is -2.14. The molecule has 1 aliphatic heterocycles. The minimum atomic E-state index is -0.973. The zero-order valence-electron chi connectivity index (χ0n) is 12.8. The Morgan fingerprint density at radius 1 is 1.04 bits per heavy atom. The van der Waals surface area contributed by atoms with Gasteiger partial charge in [0.1, 0.15) is 5.54 Å². The molecule has 0 bridgehead atoms. The van der Waals surface area contributed by atoms with Crippen molar-refractivity contribution in [2.75, 3.05) is 0 Å². The smallest absolute Gasteiger partial charge is 0.319 e. The number of imide groups is 1. The lowest BCUT2D eigenvalue weighted by atomic mass is 9.87. The molecule has 0 radical (unpaired) electrons. The summed E-state index contributed by atoms with van der Waals surface area (Å²) in [7, 11) is 0. The summed E-state index contributed by atoms with van der Waals surface area (Å²) in [6, 6.07) is 16.7. The molecule has 4 nitrogen and oxygen atoms in total. The first-order valence-corrected chi connectivity index (χ1v) is 8.31. The lowest BCUT2D eigenvalue weighted by Gasteiger charge is -2.25. The van der Waals surface area contributed by atoms with Crippen LogP contribution in [0, 0.1) is 0 Å². The minimum absolute atomic E-state index is 0.202. The van der Waals surface area contributed by atoms with Crippen molar-refractivity contribution in [3.63, 3.8) is 0 Å². The summed E-state index contributed by atoms with van der Waals surface area (Å²) in [5, 5.41) is 2.90. The second kappa shape index (κ2) is 6.16. The summed E-state index contributed by atoms with van der Waals surface area (Å²) < 4.78 is 0.884. The molecule has 1 saturated heterocycles. The largest absolute Gasteiger partial charge is 0.325 e. The summed E-state index contributed by atoms with van der Waals surface area (Å²) >= 11 is 3.46. The number of carbonyl (C=O) groups excluding carboxylic acids is 2. The molecule has 1 heterocycles. The van der Waals surface area contributed by atoms with Crippen LogP contribution in [0.25, 0.3) is 0 Å². The van der Waals surface area contributed by atoms with E-state index in [2.05, 4.69) is 21.2 Å². The molecule has 0 aliphatic carbocycles. The maximum Gasteiger partial charge on any atom is 0.325 e. The van der Waals surface area contributed by atoms with Crippen molar-refractivity contribution in [3.05, 3.63) is 70.2 Å². The van der Waals surface area contributed by atoms with Crippen molar-refractivity contribution in [2.45, 2.75) is 25.4 Å². The zero-order valence-corrected chi connectivity index (χ0v) is 14.3. The van der Waals surface area contributed by atoms with E-state index >= 15 is 0 Å². The van der Waals surface area contributed by atoms with Crippen molar-refractivity contribution in [1.82, 2.24) is 10.2 Å². The number of rotatable bonds is 4. The number of hydrogen-bond donors (Lipinski definition) is 1. The Morgan fingerprint density at radius 3 is 2.35 bits per heavy atom. The quantitative estimate of drug-likeness (QED) is 0.829. The highest BCUT2D eigenvalue weighted by Crippen LogP contribution is 2.33.